The summed E-state index contributed by atoms with van der Waals surface area (Å²) in [4.78, 5) is 12.7. The summed E-state index contributed by atoms with van der Waals surface area (Å²) in [5, 5.41) is 0. The standard InChI is InChI=1S/C18H44O5Si5/c1-15(16(18(2,3)4)17(19)20-14-25-21-24)12-13-28(11,22-26(5,6)7)23-27(8,9)10/h12-14,25H2,1-11,24H3. The van der Waals surface area contributed by atoms with Crippen molar-refractivity contribution in [3.63, 3.8) is 0 Å². The van der Waals surface area contributed by atoms with Gasteiger partial charge in [-0.1, -0.05) is 26.3 Å². The zero-order chi connectivity index (χ0) is 22.4. The highest BCUT2D eigenvalue weighted by Crippen LogP contribution is 2.33. The third kappa shape index (κ3) is 12.0. The Labute approximate surface area is 181 Å². The third-order valence-electron chi connectivity index (χ3n) is 3.90. The van der Waals surface area contributed by atoms with Crippen molar-refractivity contribution in [1.82, 2.24) is 0 Å². The van der Waals surface area contributed by atoms with Gasteiger partial charge in [0, 0.05) is 5.57 Å². The van der Waals surface area contributed by atoms with Gasteiger partial charge in [-0.15, -0.1) is 0 Å². The molecule has 0 spiro atoms. The van der Waals surface area contributed by atoms with Gasteiger partial charge in [-0.3, -0.25) is 0 Å². The Bertz CT molecular complexity index is 528. The molecule has 10 heteroatoms. The molecule has 0 aliphatic carbocycles. The van der Waals surface area contributed by atoms with Gasteiger partial charge < -0.3 is 17.1 Å². The first-order valence-electron chi connectivity index (χ1n) is 10.2. The largest absolute Gasteiger partial charge is 0.466 e. The fourth-order valence-corrected chi connectivity index (χ4v) is 16.9. The van der Waals surface area contributed by atoms with Crippen molar-refractivity contribution < 1.29 is 21.9 Å². The molecule has 0 heterocycles. The van der Waals surface area contributed by atoms with E-state index in [-0.39, 0.29) is 11.4 Å². The highest BCUT2D eigenvalue weighted by atomic mass is 28.5. The van der Waals surface area contributed by atoms with Crippen LogP contribution in [-0.4, -0.2) is 57.6 Å². The van der Waals surface area contributed by atoms with E-state index in [0.717, 1.165) is 23.6 Å². The Morgan fingerprint density at radius 3 is 1.79 bits per heavy atom. The Kier molecular flexibility index (Phi) is 11.0. The zero-order valence-corrected chi connectivity index (χ0v) is 26.8. The van der Waals surface area contributed by atoms with Gasteiger partial charge in [0.05, 0.1) is 0 Å². The molecular formula is C18H44O5Si5. The van der Waals surface area contributed by atoms with Crippen LogP contribution in [0.1, 0.15) is 34.1 Å². The number of hydrogen-bond acceptors (Lipinski definition) is 5. The molecule has 0 rings (SSSR count). The molecule has 0 saturated carbocycles. The maximum Gasteiger partial charge on any atom is 0.334 e. The Balaban J connectivity index is 5.57. The van der Waals surface area contributed by atoms with Crippen molar-refractivity contribution in [2.75, 3.05) is 6.23 Å². The molecule has 28 heavy (non-hydrogen) atoms. The van der Waals surface area contributed by atoms with Gasteiger partial charge in [-0.05, 0) is 70.6 Å². The SMILES string of the molecule is CC(CC[Si](C)(O[Si](C)(C)C)O[Si](C)(C)C)=C(C(=O)OC[SiH2]O[SiH3])C(C)(C)C. The predicted octanol–water partition coefficient (Wildman–Crippen LogP) is 3.40. The maximum absolute atomic E-state index is 12.7. The average Bonchev–Trinajstić information content (AvgIpc) is 2.40. The topological polar surface area (TPSA) is 54.0 Å². The molecule has 0 bridgehead atoms. The molecule has 0 radical (unpaired) electrons. The summed E-state index contributed by atoms with van der Waals surface area (Å²) < 4.78 is 24.0. The zero-order valence-electron chi connectivity index (χ0n) is 20.4. The summed E-state index contributed by atoms with van der Waals surface area (Å²) in [6.07, 6.45) is 1.24. The molecule has 0 aromatic rings. The van der Waals surface area contributed by atoms with E-state index in [1.165, 1.54) is 0 Å². The van der Waals surface area contributed by atoms with Gasteiger partial charge in [0.25, 0.3) is 0 Å². The van der Waals surface area contributed by atoms with Crippen LogP contribution in [0, 0.1) is 5.41 Å². The Morgan fingerprint density at radius 1 is 0.964 bits per heavy atom. The van der Waals surface area contributed by atoms with Crippen LogP contribution in [-0.2, 0) is 21.9 Å². The first-order chi connectivity index (χ1) is 12.4. The minimum Gasteiger partial charge on any atom is -0.466 e. The molecule has 166 valence electrons. The second-order valence-electron chi connectivity index (χ2n) is 10.6. The molecule has 0 unspecified atom stereocenters. The molecule has 0 aromatic carbocycles. The summed E-state index contributed by atoms with van der Waals surface area (Å²) in [5.74, 6) is -0.197. The van der Waals surface area contributed by atoms with E-state index < -0.39 is 35.0 Å². The van der Waals surface area contributed by atoms with E-state index in [0.29, 0.717) is 16.7 Å². The lowest BCUT2D eigenvalue weighted by Gasteiger charge is -2.39. The summed E-state index contributed by atoms with van der Waals surface area (Å²) in [7, 11) is -5.79. The second-order valence-corrected chi connectivity index (χ2v) is 26.6. The normalized spacial score (nSPS) is 15.2. The summed E-state index contributed by atoms with van der Waals surface area (Å²) in [6.45, 7) is 23.8. The van der Waals surface area contributed by atoms with Crippen LogP contribution < -0.4 is 0 Å². The molecule has 0 saturated heterocycles. The van der Waals surface area contributed by atoms with Gasteiger partial charge in [0.15, 0.2) is 26.4 Å². The second kappa shape index (κ2) is 11.0. The first kappa shape index (κ1) is 28.2. The molecule has 0 amide bonds. The van der Waals surface area contributed by atoms with Crippen LogP contribution in [0.15, 0.2) is 11.1 Å². The number of allylic oxidation sites excluding steroid dienone is 1. The smallest absolute Gasteiger partial charge is 0.334 e. The Hall–Kier alpha value is 0.174. The van der Waals surface area contributed by atoms with Gasteiger partial charge in [-0.25, -0.2) is 4.79 Å². The third-order valence-corrected chi connectivity index (χ3v) is 15.4. The van der Waals surface area contributed by atoms with Crippen molar-refractivity contribution in [3.05, 3.63) is 11.1 Å². The molecule has 0 aromatic heterocycles. The van der Waals surface area contributed by atoms with Crippen LogP contribution in [0.4, 0.5) is 0 Å². The number of carbonyl (C=O) groups excluding carboxylic acids is 1. The van der Waals surface area contributed by atoms with Gasteiger partial charge in [0.1, 0.15) is 16.7 Å². The van der Waals surface area contributed by atoms with E-state index in [9.17, 15) is 4.79 Å². The van der Waals surface area contributed by atoms with E-state index in [1.807, 2.05) is 0 Å². The van der Waals surface area contributed by atoms with Crippen LogP contribution in [0.25, 0.3) is 0 Å². The molecule has 0 N–H and O–H groups in total. The van der Waals surface area contributed by atoms with Gasteiger partial charge in [-0.2, -0.15) is 0 Å². The molecule has 0 aliphatic heterocycles. The summed E-state index contributed by atoms with van der Waals surface area (Å²) >= 11 is 0. The lowest BCUT2D eigenvalue weighted by Crippen LogP contribution is -2.52. The molecule has 5 nitrogen and oxygen atoms in total. The monoisotopic (exact) mass is 480 g/mol. The number of carbonyl (C=O) groups is 1. The minimum atomic E-state index is -2.33. The molecule has 0 aliphatic rings. The fraction of sp³-hybridized carbons (Fsp3) is 0.833. The highest BCUT2D eigenvalue weighted by Gasteiger charge is 2.40. The highest BCUT2D eigenvalue weighted by molar-refractivity contribution is 6.87. The predicted molar refractivity (Wildman–Crippen MR) is 133 cm³/mol. The van der Waals surface area contributed by atoms with E-state index in [2.05, 4.69) is 73.5 Å². The Morgan fingerprint density at radius 2 is 1.43 bits per heavy atom. The lowest BCUT2D eigenvalue weighted by molar-refractivity contribution is -0.138. The van der Waals surface area contributed by atoms with Crippen LogP contribution in [0.3, 0.4) is 0 Å². The minimum absolute atomic E-state index is 0.197. The quantitative estimate of drug-likeness (QED) is 0.196. The number of hydrogen-bond donors (Lipinski definition) is 0. The van der Waals surface area contributed by atoms with Gasteiger partial charge >= 0.3 is 14.5 Å². The summed E-state index contributed by atoms with van der Waals surface area (Å²) in [6, 6.07) is 0.860. The fourth-order valence-electron chi connectivity index (χ4n) is 3.37. The number of esters is 1. The first-order valence-corrected chi connectivity index (χ1v) is 21.9. The number of rotatable bonds is 11. The van der Waals surface area contributed by atoms with Crippen LogP contribution in [0.2, 0.25) is 51.9 Å². The van der Waals surface area contributed by atoms with Gasteiger partial charge in [0.2, 0.25) is 0 Å². The summed E-state index contributed by atoms with van der Waals surface area (Å²) in [5.41, 5.74) is 1.61. The molecular weight excluding hydrogens is 437 g/mol. The van der Waals surface area contributed by atoms with Crippen molar-refractivity contribution in [3.8, 4) is 0 Å². The number of ether oxygens (including phenoxy) is 1. The maximum atomic E-state index is 12.7. The van der Waals surface area contributed by atoms with Crippen molar-refractivity contribution in [2.45, 2.75) is 86.0 Å². The molecule has 0 atom stereocenters. The van der Waals surface area contributed by atoms with Crippen molar-refractivity contribution in [1.29, 1.82) is 0 Å². The molecule has 0 fully saturated rings. The van der Waals surface area contributed by atoms with E-state index in [1.54, 1.807) is 0 Å². The average molecular weight is 481 g/mol. The lowest BCUT2D eigenvalue weighted by atomic mass is 9.83. The van der Waals surface area contributed by atoms with E-state index >= 15 is 0 Å². The van der Waals surface area contributed by atoms with Crippen molar-refractivity contribution >= 4 is 51.4 Å². The van der Waals surface area contributed by atoms with Crippen LogP contribution >= 0.6 is 0 Å². The van der Waals surface area contributed by atoms with Crippen molar-refractivity contribution in [2.24, 2.45) is 5.41 Å². The van der Waals surface area contributed by atoms with E-state index in [4.69, 9.17) is 17.1 Å². The van der Waals surface area contributed by atoms with Crippen LogP contribution in [0.5, 0.6) is 0 Å².